The molecule has 0 bridgehead atoms. The average Bonchev–Trinajstić information content (AvgIpc) is 3.22. The summed E-state index contributed by atoms with van der Waals surface area (Å²) in [5, 5.41) is 3.47. The van der Waals surface area contributed by atoms with Gasteiger partial charge in [-0.1, -0.05) is 19.8 Å². The lowest BCUT2D eigenvalue weighted by Crippen LogP contribution is -2.50. The van der Waals surface area contributed by atoms with E-state index in [2.05, 4.69) is 33.9 Å². The normalized spacial score (nSPS) is 24.9. The highest BCUT2D eigenvalue weighted by molar-refractivity contribution is 14.0. The predicted molar refractivity (Wildman–Crippen MR) is 126 cm³/mol. The zero-order valence-electron chi connectivity index (χ0n) is 17.9. The Bertz CT molecular complexity index is 501. The molecule has 3 fully saturated rings. The number of hydrogen-bond donors (Lipinski definition) is 1. The number of hydrogen-bond acceptors (Lipinski definition) is 3. The first-order valence-electron chi connectivity index (χ1n) is 11.2. The molecule has 2 saturated heterocycles. The Kier molecular flexibility index (Phi) is 10.3. The molecule has 2 aliphatic heterocycles. The summed E-state index contributed by atoms with van der Waals surface area (Å²) in [4.78, 5) is 24.4. The Balaban J connectivity index is 0.00000280. The first-order chi connectivity index (χ1) is 13.2. The molecule has 2 heterocycles. The molecule has 1 amide bonds. The molecule has 1 saturated carbocycles. The number of nitrogens with one attached hydrogen (secondary N) is 1. The van der Waals surface area contributed by atoms with Crippen molar-refractivity contribution in [2.75, 3.05) is 58.9 Å². The highest BCUT2D eigenvalue weighted by Gasteiger charge is 2.29. The van der Waals surface area contributed by atoms with Crippen LogP contribution in [0.2, 0.25) is 0 Å². The van der Waals surface area contributed by atoms with Crippen molar-refractivity contribution in [3.05, 3.63) is 0 Å². The molecule has 3 rings (SSSR count). The molecule has 0 aromatic carbocycles. The van der Waals surface area contributed by atoms with E-state index in [4.69, 9.17) is 4.99 Å². The fourth-order valence-electron chi connectivity index (χ4n) is 4.73. The number of halogens is 1. The van der Waals surface area contributed by atoms with Crippen LogP contribution in [0.1, 0.15) is 52.4 Å². The lowest BCUT2D eigenvalue weighted by atomic mass is 10.0. The van der Waals surface area contributed by atoms with Crippen LogP contribution in [-0.2, 0) is 4.79 Å². The molecule has 7 heteroatoms. The van der Waals surface area contributed by atoms with Crippen molar-refractivity contribution in [2.24, 2.45) is 16.8 Å². The van der Waals surface area contributed by atoms with Crippen LogP contribution in [0.15, 0.2) is 4.99 Å². The van der Waals surface area contributed by atoms with Gasteiger partial charge in [-0.15, -0.1) is 24.0 Å². The molecule has 6 nitrogen and oxygen atoms in total. The Hall–Kier alpha value is -0.570. The number of nitrogens with zero attached hydrogens (tertiary/aromatic N) is 4. The number of piperidine rings is 1. The van der Waals surface area contributed by atoms with Crippen LogP contribution < -0.4 is 5.32 Å². The fourth-order valence-corrected chi connectivity index (χ4v) is 4.73. The highest BCUT2D eigenvalue weighted by atomic mass is 127. The van der Waals surface area contributed by atoms with Gasteiger partial charge < -0.3 is 15.1 Å². The van der Waals surface area contributed by atoms with Gasteiger partial charge in [-0.2, -0.15) is 0 Å². The molecule has 1 N–H and O–H groups in total. The van der Waals surface area contributed by atoms with Crippen LogP contribution in [-0.4, -0.2) is 85.5 Å². The van der Waals surface area contributed by atoms with E-state index in [1.54, 1.807) is 0 Å². The highest BCUT2D eigenvalue weighted by Crippen LogP contribution is 2.26. The number of amides is 1. The van der Waals surface area contributed by atoms with Crippen molar-refractivity contribution in [1.82, 2.24) is 20.0 Å². The Labute approximate surface area is 188 Å². The zero-order chi connectivity index (χ0) is 19.1. The van der Waals surface area contributed by atoms with Gasteiger partial charge >= 0.3 is 0 Å². The summed E-state index contributed by atoms with van der Waals surface area (Å²) in [6.07, 6.45) is 7.28. The van der Waals surface area contributed by atoms with E-state index in [1.807, 2.05) is 0 Å². The van der Waals surface area contributed by atoms with E-state index in [-0.39, 0.29) is 24.0 Å². The summed E-state index contributed by atoms with van der Waals surface area (Å²) < 4.78 is 0. The van der Waals surface area contributed by atoms with Gasteiger partial charge in [-0.3, -0.25) is 14.7 Å². The third-order valence-corrected chi connectivity index (χ3v) is 6.36. The Morgan fingerprint density at radius 3 is 2.36 bits per heavy atom. The maximum absolute atomic E-state index is 12.6. The fraction of sp³-hybridized carbons (Fsp3) is 0.905. The molecule has 28 heavy (non-hydrogen) atoms. The zero-order valence-corrected chi connectivity index (χ0v) is 20.2. The van der Waals surface area contributed by atoms with Crippen LogP contribution in [0.4, 0.5) is 0 Å². The molecule has 1 aliphatic carbocycles. The number of guanidine groups is 1. The van der Waals surface area contributed by atoms with Gasteiger partial charge in [0.15, 0.2) is 5.96 Å². The van der Waals surface area contributed by atoms with Crippen molar-refractivity contribution in [2.45, 2.75) is 52.4 Å². The molecule has 3 aliphatic rings. The van der Waals surface area contributed by atoms with Crippen molar-refractivity contribution < 1.29 is 4.79 Å². The SMILES string of the molecule is CCNC(=NCCN1CCN(C(=O)C2CCCC2)CC1)N1CCCC(C)C1.I. The molecular formula is C21H40IN5O. The number of piperazine rings is 1. The first kappa shape index (κ1) is 23.7. The van der Waals surface area contributed by atoms with Crippen LogP contribution in [0.5, 0.6) is 0 Å². The lowest BCUT2D eigenvalue weighted by Gasteiger charge is -2.36. The van der Waals surface area contributed by atoms with Crippen LogP contribution in [0.25, 0.3) is 0 Å². The minimum absolute atomic E-state index is 0. The summed E-state index contributed by atoms with van der Waals surface area (Å²) >= 11 is 0. The largest absolute Gasteiger partial charge is 0.357 e. The van der Waals surface area contributed by atoms with Gasteiger partial charge in [0.05, 0.1) is 6.54 Å². The first-order valence-corrected chi connectivity index (χ1v) is 11.2. The second-order valence-corrected chi connectivity index (χ2v) is 8.58. The van der Waals surface area contributed by atoms with Crippen LogP contribution in [0, 0.1) is 11.8 Å². The monoisotopic (exact) mass is 505 g/mol. The van der Waals surface area contributed by atoms with Crippen LogP contribution in [0.3, 0.4) is 0 Å². The molecular weight excluding hydrogens is 465 g/mol. The van der Waals surface area contributed by atoms with Gasteiger partial charge in [0.25, 0.3) is 0 Å². The minimum atomic E-state index is 0. The number of likely N-dealkylation sites (tertiary alicyclic amines) is 1. The predicted octanol–water partition coefficient (Wildman–Crippen LogP) is 2.64. The number of carbonyl (C=O) groups excluding carboxylic acids is 1. The number of rotatable bonds is 5. The van der Waals surface area contributed by atoms with E-state index < -0.39 is 0 Å². The topological polar surface area (TPSA) is 51.2 Å². The van der Waals surface area contributed by atoms with Crippen molar-refractivity contribution >= 4 is 35.8 Å². The Morgan fingerprint density at radius 1 is 1.00 bits per heavy atom. The molecule has 0 aromatic rings. The summed E-state index contributed by atoms with van der Waals surface area (Å²) in [5.74, 6) is 2.57. The van der Waals surface area contributed by atoms with E-state index >= 15 is 0 Å². The van der Waals surface area contributed by atoms with Crippen molar-refractivity contribution in [3.63, 3.8) is 0 Å². The molecule has 0 radical (unpaired) electrons. The summed E-state index contributed by atoms with van der Waals surface area (Å²) in [6.45, 7) is 13.2. The number of aliphatic imine (C=N–C) groups is 1. The van der Waals surface area contributed by atoms with Gasteiger partial charge in [0, 0.05) is 58.3 Å². The van der Waals surface area contributed by atoms with E-state index in [9.17, 15) is 4.79 Å². The molecule has 0 spiro atoms. The third-order valence-electron chi connectivity index (χ3n) is 6.36. The summed E-state index contributed by atoms with van der Waals surface area (Å²) in [7, 11) is 0. The van der Waals surface area contributed by atoms with Gasteiger partial charge in [-0.05, 0) is 38.5 Å². The molecule has 162 valence electrons. The third kappa shape index (κ3) is 6.75. The summed E-state index contributed by atoms with van der Waals surface area (Å²) in [6, 6.07) is 0. The molecule has 1 unspecified atom stereocenters. The van der Waals surface area contributed by atoms with Crippen molar-refractivity contribution in [3.8, 4) is 0 Å². The van der Waals surface area contributed by atoms with Crippen molar-refractivity contribution in [1.29, 1.82) is 0 Å². The maximum Gasteiger partial charge on any atom is 0.225 e. The van der Waals surface area contributed by atoms with E-state index in [0.29, 0.717) is 11.8 Å². The number of carbonyl (C=O) groups is 1. The quantitative estimate of drug-likeness (QED) is 0.355. The van der Waals surface area contributed by atoms with E-state index in [0.717, 1.165) is 83.6 Å². The average molecular weight is 505 g/mol. The molecule has 0 aromatic heterocycles. The standard InChI is InChI=1S/C21H39N5O.HI/c1-3-22-21(26-11-6-7-18(2)17-26)23-10-12-24-13-15-25(16-14-24)20(27)19-8-4-5-9-19;/h18-19H,3-17H2,1-2H3,(H,22,23);1H. The Morgan fingerprint density at radius 2 is 1.71 bits per heavy atom. The second kappa shape index (κ2) is 12.2. The minimum Gasteiger partial charge on any atom is -0.357 e. The van der Waals surface area contributed by atoms with Crippen LogP contribution >= 0.6 is 24.0 Å². The maximum atomic E-state index is 12.6. The van der Waals surface area contributed by atoms with Gasteiger partial charge in [-0.25, -0.2) is 0 Å². The second-order valence-electron chi connectivity index (χ2n) is 8.58. The van der Waals surface area contributed by atoms with Gasteiger partial charge in [0.2, 0.25) is 5.91 Å². The smallest absolute Gasteiger partial charge is 0.225 e. The van der Waals surface area contributed by atoms with Gasteiger partial charge in [0.1, 0.15) is 0 Å². The summed E-state index contributed by atoms with van der Waals surface area (Å²) in [5.41, 5.74) is 0. The van der Waals surface area contributed by atoms with E-state index in [1.165, 1.54) is 25.7 Å². The molecule has 1 atom stereocenters. The lowest BCUT2D eigenvalue weighted by molar-refractivity contribution is -0.137.